The first-order valence-electron chi connectivity index (χ1n) is 6.06. The van der Waals surface area contributed by atoms with Crippen LogP contribution in [0.2, 0.25) is 0 Å². The molecule has 0 bridgehead atoms. The van der Waals surface area contributed by atoms with Gasteiger partial charge in [-0.2, -0.15) is 0 Å². The summed E-state index contributed by atoms with van der Waals surface area (Å²) in [4.78, 5) is 28.8. The van der Waals surface area contributed by atoms with Crippen molar-refractivity contribution < 1.29 is 9.59 Å². The van der Waals surface area contributed by atoms with Crippen molar-refractivity contribution in [2.45, 2.75) is 32.2 Å². The number of likely N-dealkylation sites (N-methyl/N-ethyl adjacent to an activating group) is 1. The number of nitrogens with zero attached hydrogens (tertiary/aromatic N) is 3. The maximum atomic E-state index is 11.9. The van der Waals surface area contributed by atoms with E-state index in [1.807, 2.05) is 6.92 Å². The van der Waals surface area contributed by atoms with Gasteiger partial charge in [0.15, 0.2) is 0 Å². The van der Waals surface area contributed by atoms with Gasteiger partial charge in [0.05, 0.1) is 6.54 Å². The second-order valence-corrected chi connectivity index (χ2v) is 4.46. The van der Waals surface area contributed by atoms with E-state index in [1.54, 1.807) is 7.05 Å². The van der Waals surface area contributed by atoms with Gasteiger partial charge < -0.3 is 10.2 Å². The first-order valence-corrected chi connectivity index (χ1v) is 6.06. The zero-order valence-corrected chi connectivity index (χ0v) is 10.6. The van der Waals surface area contributed by atoms with Crippen LogP contribution in [-0.4, -0.2) is 51.5 Å². The van der Waals surface area contributed by atoms with E-state index in [2.05, 4.69) is 20.5 Å². The summed E-state index contributed by atoms with van der Waals surface area (Å²) in [7, 11) is 1.57. The normalized spacial score (nSPS) is 14.3. The molecule has 7 heteroatoms. The Morgan fingerprint density at radius 2 is 2.22 bits per heavy atom. The van der Waals surface area contributed by atoms with Crippen LogP contribution in [0.25, 0.3) is 0 Å². The summed E-state index contributed by atoms with van der Waals surface area (Å²) < 4.78 is 0. The summed E-state index contributed by atoms with van der Waals surface area (Å²) in [6.45, 7) is 1.95. The molecule has 0 aliphatic heterocycles. The second kappa shape index (κ2) is 5.16. The lowest BCUT2D eigenvalue weighted by atomic mass is 10.4. The van der Waals surface area contributed by atoms with E-state index in [4.69, 9.17) is 0 Å². The van der Waals surface area contributed by atoms with E-state index >= 15 is 0 Å². The van der Waals surface area contributed by atoms with Crippen molar-refractivity contribution in [3.63, 3.8) is 0 Å². The van der Waals surface area contributed by atoms with E-state index in [0.717, 1.165) is 12.8 Å². The molecule has 0 aromatic carbocycles. The fourth-order valence-corrected chi connectivity index (χ4v) is 1.51. The molecule has 2 rings (SSSR count). The van der Waals surface area contributed by atoms with Gasteiger partial charge >= 0.3 is 0 Å². The van der Waals surface area contributed by atoms with Crippen molar-refractivity contribution in [1.29, 1.82) is 0 Å². The van der Waals surface area contributed by atoms with Gasteiger partial charge in [0.2, 0.25) is 11.7 Å². The van der Waals surface area contributed by atoms with Gasteiger partial charge in [-0.3, -0.25) is 14.7 Å². The minimum Gasteiger partial charge on any atom is -0.352 e. The largest absolute Gasteiger partial charge is 0.352 e. The number of rotatable bonds is 5. The van der Waals surface area contributed by atoms with Crippen LogP contribution in [0, 0.1) is 0 Å². The highest BCUT2D eigenvalue weighted by atomic mass is 16.2. The topological polar surface area (TPSA) is 91.0 Å². The van der Waals surface area contributed by atoms with Crippen molar-refractivity contribution in [3.05, 3.63) is 11.6 Å². The number of carbonyl (C=O) groups is 2. The van der Waals surface area contributed by atoms with Gasteiger partial charge in [0.25, 0.3) is 5.91 Å². The molecule has 1 aliphatic carbocycles. The van der Waals surface area contributed by atoms with Gasteiger partial charge in [0, 0.05) is 19.5 Å². The molecule has 1 saturated carbocycles. The number of hydrogen-bond acceptors (Lipinski definition) is 4. The van der Waals surface area contributed by atoms with Crippen LogP contribution in [0.4, 0.5) is 0 Å². The summed E-state index contributed by atoms with van der Waals surface area (Å²) in [5, 5.41) is 9.33. The smallest absolute Gasteiger partial charge is 0.293 e. The average molecular weight is 251 g/mol. The molecule has 1 aliphatic rings. The van der Waals surface area contributed by atoms with Crippen molar-refractivity contribution in [1.82, 2.24) is 25.4 Å². The zero-order valence-electron chi connectivity index (χ0n) is 10.6. The van der Waals surface area contributed by atoms with Crippen LogP contribution < -0.4 is 5.32 Å². The van der Waals surface area contributed by atoms with Crippen molar-refractivity contribution in [3.8, 4) is 0 Å². The van der Waals surface area contributed by atoms with Gasteiger partial charge in [-0.15, -0.1) is 5.10 Å². The molecule has 2 amide bonds. The second-order valence-electron chi connectivity index (χ2n) is 4.46. The van der Waals surface area contributed by atoms with Crippen molar-refractivity contribution in [2.24, 2.45) is 0 Å². The van der Waals surface area contributed by atoms with Gasteiger partial charge in [-0.25, -0.2) is 4.98 Å². The average Bonchev–Trinajstić information content (AvgIpc) is 3.02. The Balaban J connectivity index is 1.88. The summed E-state index contributed by atoms with van der Waals surface area (Å²) in [6, 6.07) is 0.302. The third-order valence-electron chi connectivity index (χ3n) is 2.73. The zero-order chi connectivity index (χ0) is 13.1. The number of aryl methyl sites for hydroxylation is 1. The molecule has 0 atom stereocenters. The Bertz CT molecular complexity index is 452. The Hall–Kier alpha value is -1.92. The molecule has 7 nitrogen and oxygen atoms in total. The molecule has 0 saturated heterocycles. The molecular formula is C11H17N5O2. The fraction of sp³-hybridized carbons (Fsp3) is 0.636. The van der Waals surface area contributed by atoms with E-state index < -0.39 is 0 Å². The molecule has 1 aromatic heterocycles. The van der Waals surface area contributed by atoms with Gasteiger partial charge in [-0.05, 0) is 12.8 Å². The first-order chi connectivity index (χ1) is 8.60. The quantitative estimate of drug-likeness (QED) is 0.753. The molecule has 1 heterocycles. The number of aromatic nitrogens is 3. The summed E-state index contributed by atoms with van der Waals surface area (Å²) in [6.07, 6.45) is 2.75. The van der Waals surface area contributed by atoms with Crippen LogP contribution in [0.5, 0.6) is 0 Å². The van der Waals surface area contributed by atoms with Crippen molar-refractivity contribution >= 4 is 11.8 Å². The number of amides is 2. The summed E-state index contributed by atoms with van der Waals surface area (Å²) in [5.74, 6) is 0.277. The predicted octanol–water partition coefficient (Wildman–Crippen LogP) is -0.282. The van der Waals surface area contributed by atoms with E-state index in [0.29, 0.717) is 18.3 Å². The minimum atomic E-state index is -0.350. The monoisotopic (exact) mass is 251 g/mol. The lowest BCUT2D eigenvalue weighted by molar-refractivity contribution is -0.121. The number of aromatic amines is 1. The molecule has 0 unspecified atom stereocenters. The molecule has 1 fully saturated rings. The highest BCUT2D eigenvalue weighted by molar-refractivity contribution is 5.93. The van der Waals surface area contributed by atoms with Crippen LogP contribution in [0.3, 0.4) is 0 Å². The SMILES string of the molecule is CCc1nc(C(=O)N(C)CC(=O)NC2CC2)n[nH]1. The van der Waals surface area contributed by atoms with Crippen LogP contribution in [0.1, 0.15) is 36.2 Å². The molecule has 2 N–H and O–H groups in total. The first kappa shape index (κ1) is 12.5. The number of nitrogens with one attached hydrogen (secondary N) is 2. The maximum Gasteiger partial charge on any atom is 0.293 e. The summed E-state index contributed by atoms with van der Waals surface area (Å²) in [5.41, 5.74) is 0. The molecular weight excluding hydrogens is 234 g/mol. The molecule has 1 aromatic rings. The lowest BCUT2D eigenvalue weighted by Crippen LogP contribution is -2.39. The molecule has 0 spiro atoms. The third kappa shape index (κ3) is 3.06. The maximum absolute atomic E-state index is 11.9. The molecule has 18 heavy (non-hydrogen) atoms. The predicted molar refractivity (Wildman–Crippen MR) is 63.9 cm³/mol. The lowest BCUT2D eigenvalue weighted by Gasteiger charge is -2.14. The minimum absolute atomic E-state index is 0.0331. The summed E-state index contributed by atoms with van der Waals surface area (Å²) >= 11 is 0. The molecule has 0 radical (unpaired) electrons. The van der Waals surface area contributed by atoms with Crippen LogP contribution in [0.15, 0.2) is 0 Å². The number of hydrogen-bond donors (Lipinski definition) is 2. The number of carbonyl (C=O) groups excluding carboxylic acids is 2. The fourth-order valence-electron chi connectivity index (χ4n) is 1.51. The van der Waals surface area contributed by atoms with Crippen LogP contribution >= 0.6 is 0 Å². The van der Waals surface area contributed by atoms with Gasteiger partial charge in [0.1, 0.15) is 5.82 Å². The van der Waals surface area contributed by atoms with Gasteiger partial charge in [-0.1, -0.05) is 6.92 Å². The van der Waals surface area contributed by atoms with E-state index in [-0.39, 0.29) is 24.2 Å². The number of H-pyrrole nitrogens is 1. The van der Waals surface area contributed by atoms with Crippen molar-refractivity contribution in [2.75, 3.05) is 13.6 Å². The standard InChI is InChI=1S/C11H17N5O2/c1-3-8-13-10(15-14-8)11(18)16(2)6-9(17)12-7-4-5-7/h7H,3-6H2,1-2H3,(H,12,17)(H,13,14,15). The molecule has 98 valence electrons. The third-order valence-corrected chi connectivity index (χ3v) is 2.73. The van der Waals surface area contributed by atoms with E-state index in [1.165, 1.54) is 4.90 Å². The highest BCUT2D eigenvalue weighted by Gasteiger charge is 2.25. The Morgan fingerprint density at radius 1 is 1.50 bits per heavy atom. The highest BCUT2D eigenvalue weighted by Crippen LogP contribution is 2.18. The Labute approximate surface area is 105 Å². The van der Waals surface area contributed by atoms with E-state index in [9.17, 15) is 9.59 Å². The Morgan fingerprint density at radius 3 is 2.78 bits per heavy atom. The Kier molecular flexibility index (Phi) is 3.59. The van der Waals surface area contributed by atoms with Crippen LogP contribution in [-0.2, 0) is 11.2 Å².